The highest BCUT2D eigenvalue weighted by molar-refractivity contribution is 5.71. The molecule has 0 radical (unpaired) electrons. The van der Waals surface area contributed by atoms with Gasteiger partial charge in [-0.3, -0.25) is 14.4 Å². The van der Waals surface area contributed by atoms with Crippen LogP contribution in [0, 0.1) is 5.92 Å². The first-order valence-electron chi connectivity index (χ1n) is 27.9. The van der Waals surface area contributed by atoms with Crippen LogP contribution in [-0.4, -0.2) is 37.2 Å². The van der Waals surface area contributed by atoms with E-state index in [4.69, 9.17) is 14.2 Å². The van der Waals surface area contributed by atoms with E-state index in [0.29, 0.717) is 19.3 Å². The lowest BCUT2D eigenvalue weighted by Gasteiger charge is -2.18. The number of unbranched alkanes of at least 4 members (excludes halogenated alkanes) is 38. The summed E-state index contributed by atoms with van der Waals surface area (Å²) in [6.07, 6.45) is 53.7. The molecule has 6 heteroatoms. The van der Waals surface area contributed by atoms with E-state index in [-0.39, 0.29) is 31.1 Å². The van der Waals surface area contributed by atoms with Gasteiger partial charge in [-0.1, -0.05) is 278 Å². The molecule has 62 heavy (non-hydrogen) atoms. The molecule has 0 aromatic carbocycles. The zero-order chi connectivity index (χ0) is 45.2. The van der Waals surface area contributed by atoms with Crippen molar-refractivity contribution < 1.29 is 28.6 Å². The van der Waals surface area contributed by atoms with Gasteiger partial charge in [0.05, 0.1) is 0 Å². The van der Waals surface area contributed by atoms with Crippen molar-refractivity contribution in [3.63, 3.8) is 0 Å². The zero-order valence-corrected chi connectivity index (χ0v) is 42.3. The monoisotopic (exact) mass is 877 g/mol. The molecule has 0 heterocycles. The second-order valence-corrected chi connectivity index (χ2v) is 19.7. The van der Waals surface area contributed by atoms with E-state index in [1.165, 1.54) is 212 Å². The molecule has 0 spiro atoms. The van der Waals surface area contributed by atoms with Crippen molar-refractivity contribution in [2.45, 2.75) is 323 Å². The Morgan fingerprint density at radius 2 is 0.532 bits per heavy atom. The number of esters is 3. The Morgan fingerprint density at radius 1 is 0.306 bits per heavy atom. The molecule has 0 aromatic heterocycles. The summed E-state index contributed by atoms with van der Waals surface area (Å²) >= 11 is 0. The van der Waals surface area contributed by atoms with Crippen LogP contribution in [0.15, 0.2) is 0 Å². The van der Waals surface area contributed by atoms with Crippen LogP contribution in [0.25, 0.3) is 0 Å². The van der Waals surface area contributed by atoms with Crippen molar-refractivity contribution >= 4 is 17.9 Å². The zero-order valence-electron chi connectivity index (χ0n) is 42.3. The smallest absolute Gasteiger partial charge is 0.306 e. The molecule has 0 amide bonds. The third kappa shape index (κ3) is 49.4. The van der Waals surface area contributed by atoms with E-state index in [1.54, 1.807) is 0 Å². The summed E-state index contributed by atoms with van der Waals surface area (Å²) in [7, 11) is 0. The molecule has 0 N–H and O–H groups in total. The van der Waals surface area contributed by atoms with E-state index in [1.807, 2.05) is 0 Å². The fraction of sp³-hybridized carbons (Fsp3) is 0.946. The molecule has 0 saturated heterocycles. The molecule has 1 atom stereocenters. The second-order valence-electron chi connectivity index (χ2n) is 19.7. The van der Waals surface area contributed by atoms with Gasteiger partial charge in [0, 0.05) is 19.3 Å². The van der Waals surface area contributed by atoms with Gasteiger partial charge in [0.15, 0.2) is 6.10 Å². The predicted octanol–water partition coefficient (Wildman–Crippen LogP) is 18.2. The van der Waals surface area contributed by atoms with Crippen LogP contribution in [0.1, 0.15) is 317 Å². The van der Waals surface area contributed by atoms with Gasteiger partial charge in [0.1, 0.15) is 13.2 Å². The summed E-state index contributed by atoms with van der Waals surface area (Å²) in [5, 5.41) is 0. The number of ether oxygens (including phenoxy) is 3. The van der Waals surface area contributed by atoms with E-state index in [9.17, 15) is 14.4 Å². The molecule has 0 unspecified atom stereocenters. The third-order valence-electron chi connectivity index (χ3n) is 12.8. The Hall–Kier alpha value is -1.59. The van der Waals surface area contributed by atoms with Crippen molar-refractivity contribution in [3.8, 4) is 0 Å². The Morgan fingerprint density at radius 3 is 0.790 bits per heavy atom. The van der Waals surface area contributed by atoms with E-state index in [0.717, 1.165) is 63.7 Å². The molecule has 0 aromatic rings. The highest BCUT2D eigenvalue weighted by Gasteiger charge is 2.19. The lowest BCUT2D eigenvalue weighted by Crippen LogP contribution is -2.30. The average Bonchev–Trinajstić information content (AvgIpc) is 3.26. The minimum atomic E-state index is -0.761. The van der Waals surface area contributed by atoms with Crippen molar-refractivity contribution in [1.82, 2.24) is 0 Å². The van der Waals surface area contributed by atoms with Crippen LogP contribution in [0.3, 0.4) is 0 Å². The van der Waals surface area contributed by atoms with Gasteiger partial charge in [-0.05, 0) is 25.2 Å². The number of rotatable bonds is 51. The number of hydrogen-bond acceptors (Lipinski definition) is 6. The van der Waals surface area contributed by atoms with Crippen LogP contribution in [0.4, 0.5) is 0 Å². The Labute approximate surface area is 387 Å². The minimum Gasteiger partial charge on any atom is -0.462 e. The molecule has 0 aliphatic rings. The van der Waals surface area contributed by atoms with Crippen LogP contribution in [0.5, 0.6) is 0 Å². The first-order valence-corrected chi connectivity index (χ1v) is 27.9. The predicted molar refractivity (Wildman–Crippen MR) is 266 cm³/mol. The number of hydrogen-bond donors (Lipinski definition) is 0. The Kier molecular flexibility index (Phi) is 49.1. The average molecular weight is 877 g/mol. The molecule has 0 aliphatic heterocycles. The summed E-state index contributed by atoms with van der Waals surface area (Å²) < 4.78 is 16.9. The van der Waals surface area contributed by atoms with Gasteiger partial charge >= 0.3 is 17.9 Å². The fourth-order valence-electron chi connectivity index (χ4n) is 8.57. The van der Waals surface area contributed by atoms with Crippen molar-refractivity contribution in [1.29, 1.82) is 0 Å². The van der Waals surface area contributed by atoms with Gasteiger partial charge in [-0.25, -0.2) is 0 Å². The molecular formula is C56H108O6. The van der Waals surface area contributed by atoms with Crippen LogP contribution in [0.2, 0.25) is 0 Å². The third-order valence-corrected chi connectivity index (χ3v) is 12.8. The van der Waals surface area contributed by atoms with Crippen molar-refractivity contribution in [2.24, 2.45) is 5.92 Å². The first kappa shape index (κ1) is 60.4. The Bertz CT molecular complexity index is 933. The number of carbonyl (C=O) groups is 3. The summed E-state index contributed by atoms with van der Waals surface area (Å²) in [6.45, 7) is 9.05. The molecule has 0 rings (SSSR count). The molecule has 0 fully saturated rings. The summed E-state index contributed by atoms with van der Waals surface area (Å²) in [5.41, 5.74) is 0. The summed E-state index contributed by atoms with van der Waals surface area (Å²) in [6, 6.07) is 0. The number of carbonyl (C=O) groups excluding carboxylic acids is 3. The highest BCUT2D eigenvalue weighted by atomic mass is 16.6. The molecule has 6 nitrogen and oxygen atoms in total. The van der Waals surface area contributed by atoms with Crippen molar-refractivity contribution in [2.75, 3.05) is 13.2 Å². The summed E-state index contributed by atoms with van der Waals surface area (Å²) in [4.78, 5) is 38.1. The van der Waals surface area contributed by atoms with E-state index >= 15 is 0 Å². The Balaban J connectivity index is 4.31. The van der Waals surface area contributed by atoms with Gasteiger partial charge < -0.3 is 14.2 Å². The van der Waals surface area contributed by atoms with Crippen LogP contribution >= 0.6 is 0 Å². The van der Waals surface area contributed by atoms with Crippen molar-refractivity contribution in [3.05, 3.63) is 0 Å². The normalized spacial score (nSPS) is 12.0. The quantitative estimate of drug-likeness (QED) is 0.0344. The lowest BCUT2D eigenvalue weighted by molar-refractivity contribution is -0.167. The standard InChI is InChI=1S/C56H108O6/c1-5-7-9-11-13-15-17-19-21-23-29-33-37-41-45-49-56(59)62-53(50-60-54(57)47-43-39-35-31-27-22-20-18-16-14-12-10-8-6-2)51-61-55(58)48-44-40-36-32-28-25-24-26-30-34-38-42-46-52(3)4/h52-53H,5-51H2,1-4H3/t53-/m0/s1. The lowest BCUT2D eigenvalue weighted by atomic mass is 10.0. The summed E-state index contributed by atoms with van der Waals surface area (Å²) in [5.74, 6) is -0.00375. The maximum atomic E-state index is 12.8. The molecule has 0 saturated carbocycles. The van der Waals surface area contributed by atoms with Gasteiger partial charge in [-0.2, -0.15) is 0 Å². The molecule has 0 aliphatic carbocycles. The van der Waals surface area contributed by atoms with E-state index < -0.39 is 6.10 Å². The maximum Gasteiger partial charge on any atom is 0.306 e. The van der Waals surface area contributed by atoms with E-state index in [2.05, 4.69) is 27.7 Å². The van der Waals surface area contributed by atoms with Crippen LogP contribution in [-0.2, 0) is 28.6 Å². The maximum absolute atomic E-state index is 12.8. The molecular weight excluding hydrogens is 769 g/mol. The minimum absolute atomic E-state index is 0.0621. The topological polar surface area (TPSA) is 78.9 Å². The molecule has 0 bridgehead atoms. The van der Waals surface area contributed by atoms with Gasteiger partial charge in [-0.15, -0.1) is 0 Å². The van der Waals surface area contributed by atoms with Gasteiger partial charge in [0.25, 0.3) is 0 Å². The first-order chi connectivity index (χ1) is 30.4. The molecule has 368 valence electrons. The fourth-order valence-corrected chi connectivity index (χ4v) is 8.57. The SMILES string of the molecule is CCCCCCCCCCCCCCCCCC(=O)O[C@@H](COC(=O)CCCCCCCCCCCCCCCC)COC(=O)CCCCCCCCCCCCCCC(C)C. The highest BCUT2D eigenvalue weighted by Crippen LogP contribution is 2.18. The van der Waals surface area contributed by atoms with Crippen LogP contribution < -0.4 is 0 Å². The largest absolute Gasteiger partial charge is 0.462 e. The second kappa shape index (κ2) is 50.4. The van der Waals surface area contributed by atoms with Gasteiger partial charge in [0.2, 0.25) is 0 Å².